The smallest absolute Gasteiger partial charge is 0.408 e. The van der Waals surface area contributed by atoms with E-state index in [1.54, 1.807) is 45.1 Å². The van der Waals surface area contributed by atoms with Crippen LogP contribution in [0.1, 0.15) is 38.8 Å². The molecule has 3 atom stereocenters. The number of benzene rings is 1. The maximum Gasteiger partial charge on any atom is 0.408 e. The third-order valence-electron chi connectivity index (χ3n) is 4.99. The summed E-state index contributed by atoms with van der Waals surface area (Å²) in [5.41, 5.74) is 1.21. The van der Waals surface area contributed by atoms with E-state index in [1.165, 1.54) is 11.8 Å². The van der Waals surface area contributed by atoms with Gasteiger partial charge in [-0.15, -0.1) is 0 Å². The molecule has 2 aromatic rings. The highest BCUT2D eigenvalue weighted by Gasteiger charge is 2.36. The standard InChI is InChI=1S/C25H32N4O4S/c1-17-23(34-21(27-17)19-12-9-13-26-14-19)29(5)22(30)20(28-24(31)33-25(2,3)4)16-32-15-18-10-7-6-8-11-18/h6-14,17,20,23H,15-16H2,1-5H3,(H,28,31)/t17?,20-,23?/m1/s1. The lowest BCUT2D eigenvalue weighted by Gasteiger charge is -2.30. The van der Waals surface area contributed by atoms with Gasteiger partial charge in [-0.3, -0.25) is 14.8 Å². The van der Waals surface area contributed by atoms with Gasteiger partial charge in [-0.2, -0.15) is 0 Å². The summed E-state index contributed by atoms with van der Waals surface area (Å²) in [5.74, 6) is -0.272. The van der Waals surface area contributed by atoms with Crippen molar-refractivity contribution in [2.24, 2.45) is 4.99 Å². The average Bonchev–Trinajstić information content (AvgIpc) is 3.19. The van der Waals surface area contributed by atoms with Gasteiger partial charge in [-0.25, -0.2) is 4.79 Å². The molecule has 0 saturated carbocycles. The molecule has 1 aromatic heterocycles. The van der Waals surface area contributed by atoms with Crippen molar-refractivity contribution in [2.75, 3.05) is 13.7 Å². The molecule has 8 nitrogen and oxygen atoms in total. The lowest BCUT2D eigenvalue weighted by atomic mass is 10.2. The van der Waals surface area contributed by atoms with Gasteiger partial charge in [-0.1, -0.05) is 42.1 Å². The second kappa shape index (κ2) is 11.5. The van der Waals surface area contributed by atoms with Crippen LogP contribution in [-0.4, -0.2) is 63.6 Å². The zero-order valence-electron chi connectivity index (χ0n) is 20.2. The van der Waals surface area contributed by atoms with E-state index >= 15 is 0 Å². The Bertz CT molecular complexity index is 995. The van der Waals surface area contributed by atoms with E-state index in [2.05, 4.69) is 10.3 Å². The van der Waals surface area contributed by atoms with Gasteiger partial charge < -0.3 is 19.7 Å². The minimum atomic E-state index is -0.904. The van der Waals surface area contributed by atoms with Crippen LogP contribution in [0.5, 0.6) is 0 Å². The SMILES string of the molecule is CC1N=C(c2cccnc2)SC1N(C)C(=O)[C@@H](COCc1ccccc1)NC(=O)OC(C)(C)C. The molecule has 2 unspecified atom stereocenters. The van der Waals surface area contributed by atoms with Gasteiger partial charge in [0.05, 0.1) is 19.3 Å². The van der Waals surface area contributed by atoms with Crippen LogP contribution >= 0.6 is 11.8 Å². The van der Waals surface area contributed by atoms with Crippen molar-refractivity contribution in [3.63, 3.8) is 0 Å². The second-order valence-corrected chi connectivity index (χ2v) is 10.2. The Labute approximate surface area is 205 Å². The number of likely N-dealkylation sites (N-methyl/N-ethyl adjacent to an activating group) is 1. The summed E-state index contributed by atoms with van der Waals surface area (Å²) in [7, 11) is 1.72. The zero-order valence-corrected chi connectivity index (χ0v) is 21.0. The average molecular weight is 485 g/mol. The van der Waals surface area contributed by atoms with Crippen molar-refractivity contribution in [3.8, 4) is 0 Å². The minimum absolute atomic E-state index is 0.0133. The topological polar surface area (TPSA) is 93.1 Å². The van der Waals surface area contributed by atoms with E-state index in [0.29, 0.717) is 6.61 Å². The van der Waals surface area contributed by atoms with Crippen molar-refractivity contribution in [1.29, 1.82) is 0 Å². The monoisotopic (exact) mass is 484 g/mol. The molecule has 182 valence electrons. The van der Waals surface area contributed by atoms with Crippen LogP contribution in [0.15, 0.2) is 59.9 Å². The molecule has 0 radical (unpaired) electrons. The lowest BCUT2D eigenvalue weighted by Crippen LogP contribution is -2.53. The number of nitrogens with one attached hydrogen (secondary N) is 1. The summed E-state index contributed by atoms with van der Waals surface area (Å²) in [4.78, 5) is 36.4. The molecular weight excluding hydrogens is 452 g/mol. The highest BCUT2D eigenvalue weighted by molar-refractivity contribution is 8.15. The van der Waals surface area contributed by atoms with Gasteiger partial charge in [-0.05, 0) is 45.4 Å². The quantitative estimate of drug-likeness (QED) is 0.612. The fraction of sp³-hybridized carbons (Fsp3) is 0.440. The lowest BCUT2D eigenvalue weighted by molar-refractivity contribution is -0.134. The van der Waals surface area contributed by atoms with Crippen molar-refractivity contribution in [1.82, 2.24) is 15.2 Å². The van der Waals surface area contributed by atoms with Crippen molar-refractivity contribution in [3.05, 3.63) is 66.0 Å². The predicted molar refractivity (Wildman–Crippen MR) is 134 cm³/mol. The van der Waals surface area contributed by atoms with Crippen LogP contribution in [0, 0.1) is 0 Å². The van der Waals surface area contributed by atoms with E-state index in [4.69, 9.17) is 14.5 Å². The fourth-order valence-electron chi connectivity index (χ4n) is 3.39. The van der Waals surface area contributed by atoms with Gasteiger partial charge in [0.25, 0.3) is 0 Å². The van der Waals surface area contributed by atoms with Crippen LogP contribution in [-0.2, 0) is 20.9 Å². The van der Waals surface area contributed by atoms with E-state index in [1.807, 2.05) is 49.4 Å². The van der Waals surface area contributed by atoms with Gasteiger partial charge >= 0.3 is 6.09 Å². The van der Waals surface area contributed by atoms with Crippen LogP contribution in [0.4, 0.5) is 4.79 Å². The summed E-state index contributed by atoms with van der Waals surface area (Å²) < 4.78 is 11.2. The second-order valence-electron chi connectivity index (χ2n) is 9.07. The highest BCUT2D eigenvalue weighted by atomic mass is 32.2. The van der Waals surface area contributed by atoms with Crippen molar-refractivity contribution >= 4 is 28.8 Å². The number of rotatable bonds is 8. The molecular formula is C25H32N4O4S. The third kappa shape index (κ3) is 7.30. The Balaban J connectivity index is 1.68. The first-order valence-electron chi connectivity index (χ1n) is 11.2. The normalized spacial score (nSPS) is 18.7. The van der Waals surface area contributed by atoms with E-state index in [9.17, 15) is 9.59 Å². The summed E-state index contributed by atoms with van der Waals surface area (Å²) in [6.45, 7) is 7.63. The fourth-order valence-corrected chi connectivity index (χ4v) is 4.62. The number of aliphatic imine (C=N–C) groups is 1. The number of nitrogens with zero attached hydrogens (tertiary/aromatic N) is 3. The molecule has 34 heavy (non-hydrogen) atoms. The molecule has 3 rings (SSSR count). The summed E-state index contributed by atoms with van der Waals surface area (Å²) in [6, 6.07) is 12.4. The summed E-state index contributed by atoms with van der Waals surface area (Å²) in [6.07, 6.45) is 2.80. The molecule has 0 spiro atoms. The number of pyridine rings is 1. The van der Waals surface area contributed by atoms with E-state index in [-0.39, 0.29) is 23.9 Å². The van der Waals surface area contributed by atoms with Crippen LogP contribution in [0.25, 0.3) is 0 Å². The number of carbonyl (C=O) groups is 2. The molecule has 1 aromatic carbocycles. The predicted octanol–water partition coefficient (Wildman–Crippen LogP) is 3.86. The largest absolute Gasteiger partial charge is 0.444 e. The Hall–Kier alpha value is -2.91. The Morgan fingerprint density at radius 2 is 1.91 bits per heavy atom. The molecule has 1 aliphatic rings. The van der Waals surface area contributed by atoms with Gasteiger partial charge in [0, 0.05) is 25.0 Å². The van der Waals surface area contributed by atoms with Crippen molar-refractivity contribution < 1.29 is 19.1 Å². The number of thioether (sulfide) groups is 1. The number of alkyl carbamates (subject to hydrolysis) is 1. The zero-order chi connectivity index (χ0) is 24.7. The molecule has 9 heteroatoms. The number of ether oxygens (including phenoxy) is 2. The minimum Gasteiger partial charge on any atom is -0.444 e. The molecule has 2 amide bonds. The first kappa shape index (κ1) is 25.7. The Kier molecular flexibility index (Phi) is 8.68. The number of carbonyl (C=O) groups excluding carboxylic acids is 2. The van der Waals surface area contributed by atoms with Crippen LogP contribution < -0.4 is 5.32 Å². The summed E-state index contributed by atoms with van der Waals surface area (Å²) in [5, 5.41) is 3.30. The number of aromatic nitrogens is 1. The summed E-state index contributed by atoms with van der Waals surface area (Å²) >= 11 is 1.51. The van der Waals surface area contributed by atoms with Crippen LogP contribution in [0.3, 0.4) is 0 Å². The first-order chi connectivity index (χ1) is 16.1. The highest BCUT2D eigenvalue weighted by Crippen LogP contribution is 2.32. The maximum absolute atomic E-state index is 13.5. The molecule has 0 aliphatic carbocycles. The third-order valence-corrected chi connectivity index (χ3v) is 6.50. The van der Waals surface area contributed by atoms with Gasteiger partial charge in [0.2, 0.25) is 5.91 Å². The molecule has 0 saturated heterocycles. The Morgan fingerprint density at radius 1 is 1.18 bits per heavy atom. The van der Waals surface area contributed by atoms with Gasteiger partial charge in [0.15, 0.2) is 0 Å². The number of hydrogen-bond acceptors (Lipinski definition) is 7. The van der Waals surface area contributed by atoms with E-state index < -0.39 is 17.7 Å². The maximum atomic E-state index is 13.5. The molecule has 1 aliphatic heterocycles. The molecule has 0 fully saturated rings. The van der Waals surface area contributed by atoms with Crippen molar-refractivity contribution in [2.45, 2.75) is 57.4 Å². The number of amides is 2. The van der Waals surface area contributed by atoms with Gasteiger partial charge in [0.1, 0.15) is 22.1 Å². The van der Waals surface area contributed by atoms with E-state index in [0.717, 1.165) is 16.2 Å². The Morgan fingerprint density at radius 3 is 2.56 bits per heavy atom. The molecule has 0 bridgehead atoms. The number of hydrogen-bond donors (Lipinski definition) is 1. The molecule has 1 N–H and O–H groups in total. The molecule has 2 heterocycles. The first-order valence-corrected chi connectivity index (χ1v) is 12.0. The van der Waals surface area contributed by atoms with Crippen LogP contribution in [0.2, 0.25) is 0 Å².